The maximum Gasteiger partial charge on any atom is 0.431 e. The number of rotatable bonds is 6. The molecule has 0 radical (unpaired) electrons. The van der Waals surface area contributed by atoms with Crippen LogP contribution in [-0.4, -0.2) is 35.1 Å². The second-order valence-electron chi connectivity index (χ2n) is 8.62. The smallest absolute Gasteiger partial charge is 0.431 e. The van der Waals surface area contributed by atoms with E-state index in [0.717, 1.165) is 23.5 Å². The Hall–Kier alpha value is -3.32. The predicted molar refractivity (Wildman–Crippen MR) is 142 cm³/mol. The molecule has 0 atom stereocenters. The highest BCUT2D eigenvalue weighted by atomic mass is 35.5. The number of nitrogens with zero attached hydrogens (tertiary/aromatic N) is 4. The summed E-state index contributed by atoms with van der Waals surface area (Å²) in [6.45, 7) is 4.69. The van der Waals surface area contributed by atoms with Crippen molar-refractivity contribution in [2.45, 2.75) is 31.3 Å². The summed E-state index contributed by atoms with van der Waals surface area (Å²) in [5, 5.41) is 1.16. The van der Waals surface area contributed by atoms with Gasteiger partial charge in [-0.05, 0) is 39.0 Å². The van der Waals surface area contributed by atoms with Gasteiger partial charge in [0.15, 0.2) is 5.75 Å². The normalized spacial score (nSPS) is 11.7. The Kier molecular flexibility index (Phi) is 7.88. The molecule has 0 saturated heterocycles. The van der Waals surface area contributed by atoms with Gasteiger partial charge in [-0.1, -0.05) is 29.3 Å². The minimum atomic E-state index is -4.84. The molecular weight excluding hydrogens is 578 g/mol. The first-order chi connectivity index (χ1) is 17.9. The van der Waals surface area contributed by atoms with Crippen molar-refractivity contribution in [3.8, 4) is 22.6 Å². The van der Waals surface area contributed by atoms with E-state index in [4.69, 9.17) is 32.7 Å². The number of hydrogen-bond acceptors (Lipinski definition) is 9. The Labute approximate surface area is 231 Å². The molecule has 14 heteroatoms. The molecule has 0 saturated carbocycles. The summed E-state index contributed by atoms with van der Waals surface area (Å²) in [6, 6.07) is 6.64. The number of carbonyl (C=O) groups excluding carboxylic acids is 1. The fourth-order valence-corrected chi connectivity index (χ4v) is 5.79. The molecule has 9 nitrogen and oxygen atoms in total. The summed E-state index contributed by atoms with van der Waals surface area (Å²) in [5.41, 5.74) is 0.0967. The van der Waals surface area contributed by atoms with Crippen molar-refractivity contribution >= 4 is 55.8 Å². The van der Waals surface area contributed by atoms with Crippen molar-refractivity contribution in [1.29, 1.82) is 0 Å². The number of hydrogen-bond donors (Lipinski definition) is 0. The SMILES string of the molecule is CC(C)(C)OC(=O)N(c1nccs1)S(=O)(=O)c1cc(Cl)c(Oc2cnc(Cl)cc2-c2cccnc2)cc1F. The number of thiazole rings is 1. The van der Waals surface area contributed by atoms with Crippen LogP contribution in [0.15, 0.2) is 65.4 Å². The van der Waals surface area contributed by atoms with E-state index in [1.54, 1.807) is 45.3 Å². The zero-order chi connectivity index (χ0) is 27.7. The fourth-order valence-electron chi connectivity index (χ4n) is 3.15. The number of amides is 1. The Balaban J connectivity index is 1.74. The second kappa shape index (κ2) is 10.8. The van der Waals surface area contributed by atoms with E-state index in [2.05, 4.69) is 15.0 Å². The van der Waals surface area contributed by atoms with Gasteiger partial charge < -0.3 is 9.47 Å². The average Bonchev–Trinajstić information content (AvgIpc) is 3.35. The van der Waals surface area contributed by atoms with Crippen LogP contribution in [0.2, 0.25) is 10.2 Å². The largest absolute Gasteiger partial charge is 0.453 e. The molecule has 3 heterocycles. The maximum atomic E-state index is 15.4. The van der Waals surface area contributed by atoms with Gasteiger partial charge in [-0.15, -0.1) is 15.6 Å². The van der Waals surface area contributed by atoms with Gasteiger partial charge in [0.25, 0.3) is 10.0 Å². The summed E-state index contributed by atoms with van der Waals surface area (Å²) in [6.07, 6.45) is 4.52. The lowest BCUT2D eigenvalue weighted by Crippen LogP contribution is -2.41. The third-order valence-corrected chi connectivity index (χ3v) is 7.73. The summed E-state index contributed by atoms with van der Waals surface area (Å²) in [7, 11) is -4.84. The molecule has 4 rings (SSSR count). The standard InChI is InChI=1S/C24H19Cl2FN4O5S2/c1-24(2,3)36-23(32)31(22-29-7-8-37-22)38(33,34)20-10-16(25)18(11-17(20)27)35-19-13-30-21(26)9-15(19)14-5-4-6-28-12-14/h4-13H,1-3H3. The molecule has 198 valence electrons. The van der Waals surface area contributed by atoms with Crippen LogP contribution in [0.25, 0.3) is 11.1 Å². The summed E-state index contributed by atoms with van der Waals surface area (Å²) in [5.74, 6) is -1.26. The maximum absolute atomic E-state index is 15.4. The van der Waals surface area contributed by atoms with Gasteiger partial charge in [0, 0.05) is 41.2 Å². The van der Waals surface area contributed by atoms with Gasteiger partial charge in [0.1, 0.15) is 27.2 Å². The first-order valence-electron chi connectivity index (χ1n) is 10.8. The van der Waals surface area contributed by atoms with E-state index in [0.29, 0.717) is 15.4 Å². The van der Waals surface area contributed by atoms with E-state index in [1.165, 1.54) is 23.8 Å². The zero-order valence-electron chi connectivity index (χ0n) is 20.1. The molecule has 0 aliphatic heterocycles. The highest BCUT2D eigenvalue weighted by Crippen LogP contribution is 2.39. The molecule has 0 bridgehead atoms. The van der Waals surface area contributed by atoms with Crippen LogP contribution in [0.5, 0.6) is 11.5 Å². The third-order valence-electron chi connectivity index (χ3n) is 4.68. The molecule has 0 unspecified atom stereocenters. The quantitative estimate of drug-likeness (QED) is 0.219. The number of aromatic nitrogens is 3. The van der Waals surface area contributed by atoms with Crippen molar-refractivity contribution in [3.63, 3.8) is 0 Å². The Morgan fingerprint density at radius 1 is 1.08 bits per heavy atom. The number of benzene rings is 1. The number of carbonyl (C=O) groups is 1. The van der Waals surface area contributed by atoms with Crippen LogP contribution in [0.3, 0.4) is 0 Å². The van der Waals surface area contributed by atoms with Crippen LogP contribution >= 0.6 is 34.5 Å². The van der Waals surface area contributed by atoms with Gasteiger partial charge in [-0.3, -0.25) is 4.98 Å². The molecule has 4 aromatic rings. The van der Waals surface area contributed by atoms with Crippen LogP contribution in [0.1, 0.15) is 20.8 Å². The van der Waals surface area contributed by atoms with Crippen molar-refractivity contribution in [1.82, 2.24) is 15.0 Å². The van der Waals surface area contributed by atoms with E-state index >= 15 is 4.39 Å². The van der Waals surface area contributed by atoms with Crippen molar-refractivity contribution in [2.24, 2.45) is 0 Å². The van der Waals surface area contributed by atoms with Gasteiger partial charge in [0.05, 0.1) is 11.2 Å². The molecule has 38 heavy (non-hydrogen) atoms. The lowest BCUT2D eigenvalue weighted by atomic mass is 10.1. The lowest BCUT2D eigenvalue weighted by Gasteiger charge is -2.25. The Bertz CT molecular complexity index is 1580. The number of halogens is 3. The molecule has 1 amide bonds. The molecule has 3 aromatic heterocycles. The van der Waals surface area contributed by atoms with Crippen LogP contribution < -0.4 is 9.04 Å². The highest BCUT2D eigenvalue weighted by Gasteiger charge is 2.38. The fraction of sp³-hybridized carbons (Fsp3) is 0.167. The van der Waals surface area contributed by atoms with Gasteiger partial charge in [-0.2, -0.15) is 0 Å². The summed E-state index contributed by atoms with van der Waals surface area (Å²) >= 11 is 13.2. The number of ether oxygens (including phenoxy) is 2. The summed E-state index contributed by atoms with van der Waals surface area (Å²) in [4.78, 5) is 23.9. The average molecular weight is 597 g/mol. The first kappa shape index (κ1) is 27.7. The molecule has 0 N–H and O–H groups in total. The highest BCUT2D eigenvalue weighted by molar-refractivity contribution is 7.93. The van der Waals surface area contributed by atoms with Crippen LogP contribution in [0, 0.1) is 5.82 Å². The topological polar surface area (TPSA) is 112 Å². The van der Waals surface area contributed by atoms with Crippen molar-refractivity contribution in [3.05, 3.63) is 76.5 Å². The van der Waals surface area contributed by atoms with Crippen LogP contribution in [0.4, 0.5) is 14.3 Å². The Morgan fingerprint density at radius 2 is 1.84 bits per heavy atom. The van der Waals surface area contributed by atoms with Crippen molar-refractivity contribution < 1.29 is 27.1 Å². The van der Waals surface area contributed by atoms with E-state index in [-0.39, 0.29) is 26.8 Å². The van der Waals surface area contributed by atoms with E-state index < -0.39 is 32.4 Å². The van der Waals surface area contributed by atoms with E-state index in [1.807, 2.05) is 0 Å². The monoisotopic (exact) mass is 596 g/mol. The molecule has 0 spiro atoms. The lowest BCUT2D eigenvalue weighted by molar-refractivity contribution is 0.0609. The number of pyridine rings is 2. The Morgan fingerprint density at radius 3 is 2.47 bits per heavy atom. The van der Waals surface area contributed by atoms with Crippen molar-refractivity contribution in [2.75, 3.05) is 4.31 Å². The molecular formula is C24H19Cl2FN4O5S2. The summed E-state index contributed by atoms with van der Waals surface area (Å²) < 4.78 is 53.7. The van der Waals surface area contributed by atoms with Gasteiger partial charge in [-0.25, -0.2) is 27.6 Å². The number of anilines is 1. The minimum absolute atomic E-state index is 0.164. The third kappa shape index (κ3) is 6.04. The molecule has 0 fully saturated rings. The second-order valence-corrected chi connectivity index (χ2v) is 12.0. The van der Waals surface area contributed by atoms with Gasteiger partial charge >= 0.3 is 6.09 Å². The zero-order valence-corrected chi connectivity index (χ0v) is 23.2. The molecule has 1 aromatic carbocycles. The molecule has 0 aliphatic carbocycles. The van der Waals surface area contributed by atoms with E-state index in [9.17, 15) is 13.2 Å². The number of sulfonamides is 1. The predicted octanol–water partition coefficient (Wildman–Crippen LogP) is 6.97. The minimum Gasteiger partial charge on any atom is -0.453 e. The molecule has 0 aliphatic rings. The van der Waals surface area contributed by atoms with Gasteiger partial charge in [0.2, 0.25) is 5.13 Å². The first-order valence-corrected chi connectivity index (χ1v) is 13.8. The van der Waals surface area contributed by atoms with Crippen LogP contribution in [-0.2, 0) is 14.8 Å².